The highest BCUT2D eigenvalue weighted by molar-refractivity contribution is 5.87. The smallest absolute Gasteiger partial charge is 0.374 e. The third-order valence-corrected chi connectivity index (χ3v) is 2.91. The van der Waals surface area contributed by atoms with Gasteiger partial charge in [-0.15, -0.1) is 0 Å². The first-order valence-corrected chi connectivity index (χ1v) is 6.86. The summed E-state index contributed by atoms with van der Waals surface area (Å²) in [6.45, 7) is 3.23. The van der Waals surface area contributed by atoms with Gasteiger partial charge in [0.1, 0.15) is 5.75 Å². The number of rotatable bonds is 7. The summed E-state index contributed by atoms with van der Waals surface area (Å²) in [7, 11) is 1.33. The summed E-state index contributed by atoms with van der Waals surface area (Å²) >= 11 is 0. The molecule has 0 amide bonds. The van der Waals surface area contributed by atoms with E-state index in [1.807, 2.05) is 24.3 Å². The van der Waals surface area contributed by atoms with Crippen molar-refractivity contribution in [2.75, 3.05) is 19.0 Å². The lowest BCUT2D eigenvalue weighted by Crippen LogP contribution is -2.06. The number of carbonyl (C=O) groups excluding carboxylic acids is 1. The van der Waals surface area contributed by atoms with Crippen LogP contribution in [0.2, 0.25) is 0 Å². The molecule has 5 heteroatoms. The molecule has 0 unspecified atom stereocenters. The molecule has 112 valence electrons. The number of anilines is 1. The molecule has 5 nitrogen and oxygen atoms in total. The van der Waals surface area contributed by atoms with Gasteiger partial charge in [0.2, 0.25) is 5.76 Å². The van der Waals surface area contributed by atoms with Crippen LogP contribution in [0.5, 0.6) is 5.75 Å². The average Bonchev–Trinajstić information content (AvgIpc) is 2.99. The van der Waals surface area contributed by atoms with E-state index in [9.17, 15) is 4.79 Å². The van der Waals surface area contributed by atoms with E-state index in [2.05, 4.69) is 17.0 Å². The number of hydrogen-bond donors (Lipinski definition) is 1. The third-order valence-electron chi connectivity index (χ3n) is 2.91. The van der Waals surface area contributed by atoms with Crippen molar-refractivity contribution in [2.45, 2.75) is 19.9 Å². The normalized spacial score (nSPS) is 10.2. The van der Waals surface area contributed by atoms with E-state index in [1.165, 1.54) is 13.4 Å². The highest BCUT2D eigenvalue weighted by Crippen LogP contribution is 2.19. The van der Waals surface area contributed by atoms with E-state index in [0.717, 1.165) is 23.4 Å². The number of methoxy groups -OCH3 is 1. The van der Waals surface area contributed by atoms with Crippen LogP contribution in [0.3, 0.4) is 0 Å². The van der Waals surface area contributed by atoms with E-state index in [-0.39, 0.29) is 5.76 Å². The Morgan fingerprint density at radius 1 is 1.33 bits per heavy atom. The number of esters is 1. The van der Waals surface area contributed by atoms with Gasteiger partial charge >= 0.3 is 5.97 Å². The van der Waals surface area contributed by atoms with Crippen LogP contribution < -0.4 is 10.1 Å². The molecule has 2 rings (SSSR count). The number of hydrogen-bond acceptors (Lipinski definition) is 5. The minimum Gasteiger partial charge on any atom is -0.494 e. The van der Waals surface area contributed by atoms with Crippen LogP contribution in [0.25, 0.3) is 0 Å². The van der Waals surface area contributed by atoms with Crippen LogP contribution in [0.4, 0.5) is 5.69 Å². The average molecular weight is 289 g/mol. The van der Waals surface area contributed by atoms with Crippen molar-refractivity contribution in [2.24, 2.45) is 0 Å². The van der Waals surface area contributed by atoms with E-state index in [0.29, 0.717) is 13.2 Å². The van der Waals surface area contributed by atoms with Gasteiger partial charge in [-0.1, -0.05) is 13.0 Å². The van der Waals surface area contributed by atoms with Crippen LogP contribution in [0.1, 0.15) is 29.5 Å². The second-order valence-corrected chi connectivity index (χ2v) is 4.50. The summed E-state index contributed by atoms with van der Waals surface area (Å²) in [5.41, 5.74) is 1.67. The molecule has 2 aromatic rings. The van der Waals surface area contributed by atoms with Gasteiger partial charge in [-0.05, 0) is 24.6 Å². The fourth-order valence-corrected chi connectivity index (χ4v) is 1.86. The number of nitrogens with one attached hydrogen (secondary N) is 1. The molecular formula is C16H19NO4. The summed E-state index contributed by atoms with van der Waals surface area (Å²) in [5.74, 6) is 0.572. The molecule has 1 aromatic carbocycles. The summed E-state index contributed by atoms with van der Waals surface area (Å²) in [6.07, 6.45) is 2.44. The molecule has 1 N–H and O–H groups in total. The first kappa shape index (κ1) is 15.0. The van der Waals surface area contributed by atoms with Crippen LogP contribution >= 0.6 is 0 Å². The second-order valence-electron chi connectivity index (χ2n) is 4.50. The highest BCUT2D eigenvalue weighted by Gasteiger charge is 2.15. The molecule has 0 aliphatic carbocycles. The van der Waals surface area contributed by atoms with Gasteiger partial charge in [-0.25, -0.2) is 4.79 Å². The lowest BCUT2D eigenvalue weighted by atomic mass is 10.2. The molecule has 0 aliphatic heterocycles. The molecule has 0 saturated carbocycles. The zero-order valence-electron chi connectivity index (χ0n) is 12.2. The van der Waals surface area contributed by atoms with E-state index < -0.39 is 5.97 Å². The Hall–Kier alpha value is -2.43. The molecule has 0 aliphatic rings. The molecule has 0 radical (unpaired) electrons. The van der Waals surface area contributed by atoms with Crippen molar-refractivity contribution in [3.63, 3.8) is 0 Å². The number of furan rings is 1. The number of benzene rings is 1. The molecule has 1 aromatic heterocycles. The Labute approximate surface area is 123 Å². The second kappa shape index (κ2) is 7.38. The fourth-order valence-electron chi connectivity index (χ4n) is 1.86. The molecule has 0 bridgehead atoms. The van der Waals surface area contributed by atoms with Gasteiger partial charge in [-0.3, -0.25) is 0 Å². The van der Waals surface area contributed by atoms with E-state index >= 15 is 0 Å². The largest absolute Gasteiger partial charge is 0.494 e. The minimum atomic E-state index is -0.475. The molecular weight excluding hydrogens is 270 g/mol. The maximum absolute atomic E-state index is 11.5. The van der Waals surface area contributed by atoms with Crippen molar-refractivity contribution in [1.29, 1.82) is 0 Å². The summed E-state index contributed by atoms with van der Waals surface area (Å²) in [5, 5.41) is 3.24. The SMILES string of the molecule is CCCOc1cccc(NCc2ccoc2C(=O)OC)c1. The van der Waals surface area contributed by atoms with Gasteiger partial charge in [-0.2, -0.15) is 0 Å². The quantitative estimate of drug-likeness (QED) is 0.791. The Morgan fingerprint density at radius 2 is 2.19 bits per heavy atom. The lowest BCUT2D eigenvalue weighted by molar-refractivity contribution is 0.0563. The minimum absolute atomic E-state index is 0.225. The molecule has 21 heavy (non-hydrogen) atoms. The monoisotopic (exact) mass is 289 g/mol. The predicted molar refractivity (Wildman–Crippen MR) is 79.6 cm³/mol. The van der Waals surface area contributed by atoms with Gasteiger partial charge in [0.25, 0.3) is 0 Å². The van der Waals surface area contributed by atoms with Gasteiger partial charge < -0.3 is 19.2 Å². The van der Waals surface area contributed by atoms with Crippen molar-refractivity contribution >= 4 is 11.7 Å². The topological polar surface area (TPSA) is 60.7 Å². The van der Waals surface area contributed by atoms with Crippen molar-refractivity contribution < 1.29 is 18.7 Å². The predicted octanol–water partition coefficient (Wildman–Crippen LogP) is 3.47. The number of carbonyl (C=O) groups is 1. The molecule has 0 saturated heterocycles. The Morgan fingerprint density at radius 3 is 2.95 bits per heavy atom. The molecule has 0 atom stereocenters. The van der Waals surface area contributed by atoms with Crippen LogP contribution in [-0.4, -0.2) is 19.7 Å². The fraction of sp³-hybridized carbons (Fsp3) is 0.312. The molecule has 0 fully saturated rings. The van der Waals surface area contributed by atoms with Crippen molar-refractivity contribution in [3.8, 4) is 5.75 Å². The Balaban J connectivity index is 2.00. The van der Waals surface area contributed by atoms with Crippen LogP contribution in [0, 0.1) is 0 Å². The molecule has 1 heterocycles. The van der Waals surface area contributed by atoms with Gasteiger partial charge in [0, 0.05) is 23.9 Å². The highest BCUT2D eigenvalue weighted by atomic mass is 16.5. The van der Waals surface area contributed by atoms with Crippen molar-refractivity contribution in [1.82, 2.24) is 0 Å². The zero-order chi connectivity index (χ0) is 15.1. The summed E-state index contributed by atoms with van der Waals surface area (Å²) in [4.78, 5) is 11.5. The van der Waals surface area contributed by atoms with Crippen LogP contribution in [0.15, 0.2) is 41.0 Å². The van der Waals surface area contributed by atoms with Crippen LogP contribution in [-0.2, 0) is 11.3 Å². The first-order valence-electron chi connectivity index (χ1n) is 6.86. The van der Waals surface area contributed by atoms with Gasteiger partial charge in [0.05, 0.1) is 20.0 Å². The first-order chi connectivity index (χ1) is 10.2. The Kier molecular flexibility index (Phi) is 5.26. The standard InChI is InChI=1S/C16H19NO4/c1-3-8-20-14-6-4-5-13(10-14)17-11-12-7-9-21-15(12)16(18)19-2/h4-7,9-10,17H,3,8,11H2,1-2H3. The maximum Gasteiger partial charge on any atom is 0.374 e. The molecule has 0 spiro atoms. The van der Waals surface area contributed by atoms with Crippen molar-refractivity contribution in [3.05, 3.63) is 47.9 Å². The Bertz CT molecular complexity index is 591. The van der Waals surface area contributed by atoms with E-state index in [4.69, 9.17) is 9.15 Å². The van der Waals surface area contributed by atoms with Gasteiger partial charge in [0.15, 0.2) is 0 Å². The number of ether oxygens (including phenoxy) is 2. The summed E-state index contributed by atoms with van der Waals surface area (Å²) < 4.78 is 15.4. The summed E-state index contributed by atoms with van der Waals surface area (Å²) in [6, 6.07) is 9.45. The van der Waals surface area contributed by atoms with E-state index in [1.54, 1.807) is 6.07 Å². The maximum atomic E-state index is 11.5. The third kappa shape index (κ3) is 4.02. The lowest BCUT2D eigenvalue weighted by Gasteiger charge is -2.09. The zero-order valence-corrected chi connectivity index (χ0v) is 12.2.